The normalized spacial score (nSPS) is 14.5. The third kappa shape index (κ3) is 1.44. The van der Waals surface area contributed by atoms with Crippen LogP contribution < -0.4 is 0 Å². The molecule has 0 saturated heterocycles. The molecule has 0 fully saturated rings. The van der Waals surface area contributed by atoms with Gasteiger partial charge in [0.1, 0.15) is 0 Å². The topological polar surface area (TPSA) is 25.8 Å². The minimum absolute atomic E-state index is 1.03. The Morgan fingerprint density at radius 2 is 1.87 bits per heavy atom. The molecule has 15 heavy (non-hydrogen) atoms. The van der Waals surface area contributed by atoms with Crippen molar-refractivity contribution in [1.29, 1.82) is 0 Å². The summed E-state index contributed by atoms with van der Waals surface area (Å²) in [7, 11) is 0. The lowest BCUT2D eigenvalue weighted by Crippen LogP contribution is -1.84. The Labute approximate surface area is 88.0 Å². The minimum Gasteiger partial charge on any atom is -0.158 e. The summed E-state index contributed by atoms with van der Waals surface area (Å²) in [6.07, 6.45) is 11.1. The molecule has 2 aromatic rings. The summed E-state index contributed by atoms with van der Waals surface area (Å²) >= 11 is 0. The van der Waals surface area contributed by atoms with E-state index in [2.05, 4.69) is 46.6 Å². The van der Waals surface area contributed by atoms with Crippen molar-refractivity contribution < 1.29 is 0 Å². The maximum Gasteiger partial charge on any atom is 0.0574 e. The molecular formula is C13H10N2. The predicted octanol–water partition coefficient (Wildman–Crippen LogP) is 2.97. The molecular weight excluding hydrogens is 184 g/mol. The molecule has 72 valence electrons. The lowest BCUT2D eigenvalue weighted by molar-refractivity contribution is 1.05. The molecule has 1 aliphatic rings. The summed E-state index contributed by atoms with van der Waals surface area (Å²) in [4.78, 5) is 0. The molecule has 1 heterocycles. The zero-order chi connectivity index (χ0) is 10.1. The van der Waals surface area contributed by atoms with Crippen molar-refractivity contribution in [3.05, 3.63) is 54.4 Å². The smallest absolute Gasteiger partial charge is 0.0574 e. The molecule has 2 nitrogen and oxygen atoms in total. The molecule has 2 heteroatoms. The number of aromatic nitrogens is 2. The van der Waals surface area contributed by atoms with Crippen LogP contribution in [0, 0.1) is 0 Å². The Morgan fingerprint density at radius 3 is 2.67 bits per heavy atom. The summed E-state index contributed by atoms with van der Waals surface area (Å²) in [6.45, 7) is 0. The molecule has 1 aliphatic carbocycles. The Kier molecular flexibility index (Phi) is 1.85. The first-order chi connectivity index (χ1) is 7.43. The van der Waals surface area contributed by atoms with Crippen molar-refractivity contribution in [1.82, 2.24) is 10.2 Å². The molecule has 0 atom stereocenters. The number of fused-ring (bicyclic) bond motifs is 1. The van der Waals surface area contributed by atoms with Crippen LogP contribution in [0.4, 0.5) is 0 Å². The van der Waals surface area contributed by atoms with E-state index in [4.69, 9.17) is 0 Å². The highest BCUT2D eigenvalue weighted by Gasteiger charge is 2.03. The Balaban J connectivity index is 2.14. The molecule has 0 spiro atoms. The van der Waals surface area contributed by atoms with E-state index in [1.165, 1.54) is 11.1 Å². The van der Waals surface area contributed by atoms with Gasteiger partial charge in [-0.05, 0) is 23.6 Å². The van der Waals surface area contributed by atoms with Gasteiger partial charge in [0.15, 0.2) is 0 Å². The first kappa shape index (κ1) is 8.36. The first-order valence-electron chi connectivity index (χ1n) is 5.00. The van der Waals surface area contributed by atoms with Crippen LogP contribution in [0.1, 0.15) is 12.0 Å². The van der Waals surface area contributed by atoms with E-state index in [1.54, 1.807) is 6.20 Å². The minimum atomic E-state index is 1.03. The molecule has 0 unspecified atom stereocenters. The average Bonchev–Trinajstić information content (AvgIpc) is 2.82. The van der Waals surface area contributed by atoms with Gasteiger partial charge in [-0.15, -0.1) is 0 Å². The predicted molar refractivity (Wildman–Crippen MR) is 61.3 cm³/mol. The fraction of sp³-hybridized carbons (Fsp3) is 0.0769. The SMILES string of the molecule is C1=CCC(c2ccc3cnncc3c2)=C1. The van der Waals surface area contributed by atoms with Gasteiger partial charge in [-0.2, -0.15) is 10.2 Å². The van der Waals surface area contributed by atoms with Gasteiger partial charge in [-0.25, -0.2) is 0 Å². The van der Waals surface area contributed by atoms with Crippen LogP contribution in [0.25, 0.3) is 16.3 Å². The highest BCUT2D eigenvalue weighted by Crippen LogP contribution is 2.25. The Hall–Kier alpha value is -1.96. The van der Waals surface area contributed by atoms with Crippen LogP contribution in [0.5, 0.6) is 0 Å². The lowest BCUT2D eigenvalue weighted by atomic mass is 10.0. The van der Waals surface area contributed by atoms with Crippen LogP contribution in [-0.2, 0) is 0 Å². The van der Waals surface area contributed by atoms with Gasteiger partial charge < -0.3 is 0 Å². The Bertz CT molecular complexity index is 568. The van der Waals surface area contributed by atoms with Crippen molar-refractivity contribution in [2.45, 2.75) is 6.42 Å². The van der Waals surface area contributed by atoms with E-state index in [-0.39, 0.29) is 0 Å². The fourth-order valence-electron chi connectivity index (χ4n) is 1.86. The van der Waals surface area contributed by atoms with Crippen molar-refractivity contribution in [2.75, 3.05) is 0 Å². The number of benzene rings is 1. The van der Waals surface area contributed by atoms with Gasteiger partial charge in [0.25, 0.3) is 0 Å². The van der Waals surface area contributed by atoms with E-state index in [0.717, 1.165) is 17.2 Å². The molecule has 0 N–H and O–H groups in total. The van der Waals surface area contributed by atoms with Crippen LogP contribution in [-0.4, -0.2) is 10.2 Å². The van der Waals surface area contributed by atoms with Crippen LogP contribution in [0.15, 0.2) is 48.8 Å². The van der Waals surface area contributed by atoms with E-state index in [1.807, 2.05) is 6.20 Å². The van der Waals surface area contributed by atoms with Gasteiger partial charge in [0.05, 0.1) is 12.4 Å². The van der Waals surface area contributed by atoms with E-state index in [9.17, 15) is 0 Å². The number of allylic oxidation sites excluding steroid dienone is 4. The molecule has 1 aromatic carbocycles. The number of nitrogens with zero attached hydrogens (tertiary/aromatic N) is 2. The zero-order valence-corrected chi connectivity index (χ0v) is 8.22. The molecule has 0 saturated carbocycles. The highest BCUT2D eigenvalue weighted by molar-refractivity contribution is 5.85. The van der Waals surface area contributed by atoms with Gasteiger partial charge >= 0.3 is 0 Å². The van der Waals surface area contributed by atoms with Crippen LogP contribution >= 0.6 is 0 Å². The molecule has 0 aliphatic heterocycles. The summed E-state index contributed by atoms with van der Waals surface area (Å²) in [5.74, 6) is 0. The zero-order valence-electron chi connectivity index (χ0n) is 8.22. The van der Waals surface area contributed by atoms with Gasteiger partial charge in [0.2, 0.25) is 0 Å². The van der Waals surface area contributed by atoms with Crippen molar-refractivity contribution in [2.24, 2.45) is 0 Å². The summed E-state index contributed by atoms with van der Waals surface area (Å²) in [6, 6.07) is 6.41. The number of hydrogen-bond acceptors (Lipinski definition) is 2. The maximum absolute atomic E-state index is 3.90. The lowest BCUT2D eigenvalue weighted by Gasteiger charge is -2.03. The van der Waals surface area contributed by atoms with E-state index >= 15 is 0 Å². The second-order valence-electron chi connectivity index (χ2n) is 3.66. The molecule has 1 aromatic heterocycles. The van der Waals surface area contributed by atoms with E-state index in [0.29, 0.717) is 0 Å². The number of hydrogen-bond donors (Lipinski definition) is 0. The number of rotatable bonds is 1. The van der Waals surface area contributed by atoms with E-state index < -0.39 is 0 Å². The van der Waals surface area contributed by atoms with Crippen molar-refractivity contribution in [3.63, 3.8) is 0 Å². The fourth-order valence-corrected chi connectivity index (χ4v) is 1.86. The van der Waals surface area contributed by atoms with Gasteiger partial charge in [-0.1, -0.05) is 30.4 Å². The van der Waals surface area contributed by atoms with Crippen LogP contribution in [0.3, 0.4) is 0 Å². The van der Waals surface area contributed by atoms with Gasteiger partial charge in [0, 0.05) is 10.8 Å². The second kappa shape index (κ2) is 3.31. The Morgan fingerprint density at radius 1 is 1.00 bits per heavy atom. The monoisotopic (exact) mass is 194 g/mol. The molecule has 0 radical (unpaired) electrons. The summed E-state index contributed by atoms with van der Waals surface area (Å²) in [5, 5.41) is 10.0. The second-order valence-corrected chi connectivity index (χ2v) is 3.66. The quantitative estimate of drug-likeness (QED) is 0.697. The molecule has 0 bridgehead atoms. The standard InChI is InChI=1S/C13H10N2/c1-2-4-10(3-1)11-5-6-12-8-14-15-9-13(12)7-11/h1-3,5-9H,4H2. The summed E-state index contributed by atoms with van der Waals surface area (Å²) in [5.41, 5.74) is 2.65. The van der Waals surface area contributed by atoms with Crippen molar-refractivity contribution in [3.8, 4) is 0 Å². The third-order valence-corrected chi connectivity index (χ3v) is 2.69. The van der Waals surface area contributed by atoms with Crippen molar-refractivity contribution >= 4 is 16.3 Å². The molecule has 3 rings (SSSR count). The summed E-state index contributed by atoms with van der Waals surface area (Å²) < 4.78 is 0. The van der Waals surface area contributed by atoms with Gasteiger partial charge in [-0.3, -0.25) is 0 Å². The first-order valence-corrected chi connectivity index (χ1v) is 5.00. The van der Waals surface area contributed by atoms with Crippen LogP contribution in [0.2, 0.25) is 0 Å². The third-order valence-electron chi connectivity index (χ3n) is 2.69. The average molecular weight is 194 g/mol. The molecule has 0 amide bonds. The highest BCUT2D eigenvalue weighted by atomic mass is 15.1. The largest absolute Gasteiger partial charge is 0.158 e. The maximum atomic E-state index is 3.90.